The van der Waals surface area contributed by atoms with Crippen molar-refractivity contribution in [3.05, 3.63) is 47.7 Å². The predicted octanol–water partition coefficient (Wildman–Crippen LogP) is 1.34. The van der Waals surface area contributed by atoms with Crippen molar-refractivity contribution < 1.29 is 23.9 Å². The third kappa shape index (κ3) is 3.73. The van der Waals surface area contributed by atoms with Gasteiger partial charge in [0, 0.05) is 12.6 Å². The minimum atomic E-state index is -0.593. The van der Waals surface area contributed by atoms with E-state index in [1.807, 2.05) is 30.3 Å². The van der Waals surface area contributed by atoms with Crippen molar-refractivity contribution in [1.82, 2.24) is 10.2 Å². The number of carbonyl (C=O) groups is 3. The summed E-state index contributed by atoms with van der Waals surface area (Å²) in [6.45, 7) is 0.688. The zero-order chi connectivity index (χ0) is 16.9. The van der Waals surface area contributed by atoms with Crippen molar-refractivity contribution in [3.63, 3.8) is 0 Å². The Labute approximate surface area is 139 Å². The summed E-state index contributed by atoms with van der Waals surface area (Å²) >= 11 is 0. The Balaban J connectivity index is 1.56. The Morgan fingerprint density at radius 2 is 2.08 bits per heavy atom. The molecule has 2 aliphatic heterocycles. The molecule has 0 aromatic heterocycles. The van der Waals surface area contributed by atoms with Crippen molar-refractivity contribution in [2.24, 2.45) is 0 Å². The van der Waals surface area contributed by atoms with Crippen LogP contribution < -0.4 is 5.32 Å². The Hall–Kier alpha value is -2.83. The van der Waals surface area contributed by atoms with Gasteiger partial charge in [-0.25, -0.2) is 9.59 Å². The van der Waals surface area contributed by atoms with E-state index in [0.717, 1.165) is 12.0 Å². The fourth-order valence-electron chi connectivity index (χ4n) is 2.75. The SMILES string of the molecule is O=C1C=C(NC(=O)[C@@H]2CCCN2C(=O)OCc2ccccc2)CO1. The van der Waals surface area contributed by atoms with Gasteiger partial charge in [0.05, 0.1) is 5.70 Å². The van der Waals surface area contributed by atoms with Crippen molar-refractivity contribution in [1.29, 1.82) is 0 Å². The second-order valence-corrected chi connectivity index (χ2v) is 5.66. The molecule has 7 nitrogen and oxygen atoms in total. The molecule has 2 amide bonds. The molecule has 0 radical (unpaired) electrons. The zero-order valence-electron chi connectivity index (χ0n) is 13.1. The summed E-state index contributed by atoms with van der Waals surface area (Å²) in [6, 6.07) is 8.76. The van der Waals surface area contributed by atoms with Crippen LogP contribution in [0, 0.1) is 0 Å². The molecular formula is C17H18N2O5. The largest absolute Gasteiger partial charge is 0.456 e. The van der Waals surface area contributed by atoms with Crippen LogP contribution in [0.25, 0.3) is 0 Å². The molecule has 24 heavy (non-hydrogen) atoms. The van der Waals surface area contributed by atoms with Gasteiger partial charge in [-0.15, -0.1) is 0 Å². The molecular weight excluding hydrogens is 312 g/mol. The van der Waals surface area contributed by atoms with Crippen LogP contribution in [0.15, 0.2) is 42.1 Å². The lowest BCUT2D eigenvalue weighted by atomic mass is 10.2. The number of rotatable bonds is 4. The molecule has 1 atom stereocenters. The number of amides is 2. The van der Waals surface area contributed by atoms with Crippen molar-refractivity contribution in [2.45, 2.75) is 25.5 Å². The van der Waals surface area contributed by atoms with E-state index in [9.17, 15) is 14.4 Å². The fraction of sp³-hybridized carbons (Fsp3) is 0.353. The Kier molecular flexibility index (Phi) is 4.79. The van der Waals surface area contributed by atoms with Gasteiger partial charge in [0.15, 0.2) is 0 Å². The molecule has 1 N–H and O–H groups in total. The van der Waals surface area contributed by atoms with Gasteiger partial charge in [-0.1, -0.05) is 30.3 Å². The first-order chi connectivity index (χ1) is 11.6. The zero-order valence-corrected chi connectivity index (χ0v) is 13.1. The number of nitrogens with zero attached hydrogens (tertiary/aromatic N) is 1. The number of nitrogens with one attached hydrogen (secondary N) is 1. The first kappa shape index (κ1) is 16.0. The lowest BCUT2D eigenvalue weighted by Crippen LogP contribution is -2.46. The number of esters is 1. The number of carbonyl (C=O) groups excluding carboxylic acids is 3. The maximum atomic E-state index is 12.3. The molecule has 2 aliphatic rings. The van der Waals surface area contributed by atoms with Gasteiger partial charge < -0.3 is 14.8 Å². The quantitative estimate of drug-likeness (QED) is 0.842. The van der Waals surface area contributed by atoms with E-state index in [1.165, 1.54) is 11.0 Å². The summed E-state index contributed by atoms with van der Waals surface area (Å²) in [4.78, 5) is 37.0. The lowest BCUT2D eigenvalue weighted by molar-refractivity contribution is -0.135. The number of cyclic esters (lactones) is 1. The topological polar surface area (TPSA) is 84.9 Å². The van der Waals surface area contributed by atoms with Crippen LogP contribution in [0.5, 0.6) is 0 Å². The standard InChI is InChI=1S/C17H18N2O5/c20-15-9-13(11-23-15)18-16(21)14-7-4-8-19(14)17(22)24-10-12-5-2-1-3-6-12/h1-3,5-6,9,14H,4,7-8,10-11H2,(H,18,21)/t14-/m0/s1. The highest BCUT2D eigenvalue weighted by atomic mass is 16.6. The number of hydrogen-bond donors (Lipinski definition) is 1. The van der Waals surface area contributed by atoms with Gasteiger partial charge >= 0.3 is 12.1 Å². The van der Waals surface area contributed by atoms with Crippen LogP contribution in [-0.2, 0) is 25.7 Å². The van der Waals surface area contributed by atoms with Crippen molar-refractivity contribution >= 4 is 18.0 Å². The van der Waals surface area contributed by atoms with E-state index >= 15 is 0 Å². The molecule has 0 bridgehead atoms. The maximum Gasteiger partial charge on any atom is 0.410 e. The highest BCUT2D eigenvalue weighted by Gasteiger charge is 2.35. The molecule has 2 heterocycles. The van der Waals surface area contributed by atoms with Gasteiger partial charge in [-0.2, -0.15) is 0 Å². The van der Waals surface area contributed by atoms with Crippen molar-refractivity contribution in [3.8, 4) is 0 Å². The highest BCUT2D eigenvalue weighted by Crippen LogP contribution is 2.19. The number of benzene rings is 1. The summed E-state index contributed by atoms with van der Waals surface area (Å²) in [6.07, 6.45) is 2.02. The van der Waals surface area contributed by atoms with Crippen LogP contribution in [0.3, 0.4) is 0 Å². The fourth-order valence-corrected chi connectivity index (χ4v) is 2.75. The second kappa shape index (κ2) is 7.16. The first-order valence-electron chi connectivity index (χ1n) is 7.79. The number of likely N-dealkylation sites (tertiary alicyclic amines) is 1. The minimum Gasteiger partial charge on any atom is -0.456 e. The summed E-state index contributed by atoms with van der Waals surface area (Å²) in [5, 5.41) is 2.64. The third-order valence-corrected chi connectivity index (χ3v) is 3.94. The Morgan fingerprint density at radius 1 is 1.29 bits per heavy atom. The number of hydrogen-bond acceptors (Lipinski definition) is 5. The molecule has 1 saturated heterocycles. The Morgan fingerprint density at radius 3 is 2.79 bits per heavy atom. The average Bonchev–Trinajstić information content (AvgIpc) is 3.22. The van der Waals surface area contributed by atoms with Gasteiger partial charge in [0.25, 0.3) is 0 Å². The maximum absolute atomic E-state index is 12.3. The van der Waals surface area contributed by atoms with Crippen LogP contribution in [0.1, 0.15) is 18.4 Å². The minimum absolute atomic E-state index is 0.0513. The van der Waals surface area contributed by atoms with Crippen LogP contribution in [0.2, 0.25) is 0 Å². The second-order valence-electron chi connectivity index (χ2n) is 5.66. The number of ether oxygens (including phenoxy) is 2. The summed E-state index contributed by atoms with van der Waals surface area (Å²) in [5.74, 6) is -0.801. The van der Waals surface area contributed by atoms with E-state index in [1.54, 1.807) is 0 Å². The smallest absolute Gasteiger partial charge is 0.410 e. The normalized spacial score (nSPS) is 19.7. The molecule has 0 spiro atoms. The molecule has 1 aromatic rings. The monoisotopic (exact) mass is 330 g/mol. The lowest BCUT2D eigenvalue weighted by Gasteiger charge is -2.23. The molecule has 7 heteroatoms. The van der Waals surface area contributed by atoms with Gasteiger partial charge in [-0.05, 0) is 18.4 Å². The predicted molar refractivity (Wildman–Crippen MR) is 83.5 cm³/mol. The summed E-state index contributed by atoms with van der Waals surface area (Å²) in [7, 11) is 0. The third-order valence-electron chi connectivity index (χ3n) is 3.94. The van der Waals surface area contributed by atoms with E-state index < -0.39 is 18.1 Å². The highest BCUT2D eigenvalue weighted by molar-refractivity contribution is 5.90. The van der Waals surface area contributed by atoms with E-state index in [4.69, 9.17) is 9.47 Å². The van der Waals surface area contributed by atoms with Gasteiger partial charge in [0.1, 0.15) is 19.3 Å². The molecule has 0 unspecified atom stereocenters. The van der Waals surface area contributed by atoms with E-state index in [-0.39, 0.29) is 19.1 Å². The molecule has 0 saturated carbocycles. The Bertz CT molecular complexity index is 671. The molecule has 0 aliphatic carbocycles. The van der Waals surface area contributed by atoms with E-state index in [2.05, 4.69) is 5.32 Å². The molecule has 1 fully saturated rings. The molecule has 126 valence electrons. The van der Waals surface area contributed by atoms with Crippen LogP contribution >= 0.6 is 0 Å². The molecule has 1 aromatic carbocycles. The van der Waals surface area contributed by atoms with Crippen molar-refractivity contribution in [2.75, 3.05) is 13.2 Å². The van der Waals surface area contributed by atoms with Crippen LogP contribution in [0.4, 0.5) is 4.79 Å². The van der Waals surface area contributed by atoms with Crippen LogP contribution in [-0.4, -0.2) is 42.1 Å². The summed E-state index contributed by atoms with van der Waals surface area (Å²) in [5.41, 5.74) is 1.30. The van der Waals surface area contributed by atoms with Gasteiger partial charge in [-0.3, -0.25) is 9.69 Å². The first-order valence-corrected chi connectivity index (χ1v) is 7.79. The average molecular weight is 330 g/mol. The summed E-state index contributed by atoms with van der Waals surface area (Å²) < 4.78 is 10.0. The molecule has 3 rings (SSSR count). The van der Waals surface area contributed by atoms with Gasteiger partial charge in [0.2, 0.25) is 5.91 Å². The van der Waals surface area contributed by atoms with E-state index in [0.29, 0.717) is 18.7 Å².